The van der Waals surface area contributed by atoms with Gasteiger partial charge in [-0.1, -0.05) is 36.3 Å². The fourth-order valence-corrected chi connectivity index (χ4v) is 1.87. The average molecular weight is 246 g/mol. The van der Waals surface area contributed by atoms with E-state index in [1.807, 2.05) is 18.2 Å². The fourth-order valence-electron chi connectivity index (χ4n) is 1.87. The third-order valence-corrected chi connectivity index (χ3v) is 2.95. The van der Waals surface area contributed by atoms with Crippen molar-refractivity contribution >= 4 is 0 Å². The first-order chi connectivity index (χ1) is 8.95. The molecule has 0 aliphatic carbocycles. The molecular weight excluding hydrogens is 226 g/mol. The predicted molar refractivity (Wildman–Crippen MR) is 70.3 cm³/mol. The van der Waals surface area contributed by atoms with Crippen LogP contribution in [0.15, 0.2) is 30.3 Å². The summed E-state index contributed by atoms with van der Waals surface area (Å²) in [5, 5.41) is 0. The maximum absolute atomic E-state index is 5.50. The number of hydrogen-bond donors (Lipinski definition) is 1. The minimum absolute atomic E-state index is 0.513. The molecule has 96 valence electrons. The van der Waals surface area contributed by atoms with Crippen LogP contribution in [0, 0.1) is 11.8 Å². The molecule has 1 heterocycles. The lowest BCUT2D eigenvalue weighted by Crippen LogP contribution is -3.14. The second kappa shape index (κ2) is 7.88. The number of nitrogens with one attached hydrogen (secondary N) is 1. The minimum atomic E-state index is 0.513. The molecule has 0 aromatic heterocycles. The van der Waals surface area contributed by atoms with Gasteiger partial charge in [0.1, 0.15) is 26.2 Å². The molecule has 0 amide bonds. The maximum atomic E-state index is 5.50. The first-order valence-corrected chi connectivity index (χ1v) is 6.44. The van der Waals surface area contributed by atoms with Crippen LogP contribution < -0.4 is 4.90 Å². The van der Waals surface area contributed by atoms with Crippen molar-refractivity contribution in [3.63, 3.8) is 0 Å². The Labute approximate surface area is 109 Å². The minimum Gasteiger partial charge on any atom is -0.370 e. The Morgan fingerprint density at radius 3 is 2.67 bits per heavy atom. The lowest BCUT2D eigenvalue weighted by Gasteiger charge is -2.21. The van der Waals surface area contributed by atoms with Crippen molar-refractivity contribution in [3.05, 3.63) is 35.9 Å². The molecule has 1 fully saturated rings. The molecular formula is C15H20NO2+. The molecule has 0 spiro atoms. The number of ether oxygens (including phenoxy) is 2. The monoisotopic (exact) mass is 246 g/mol. The molecule has 3 heteroatoms. The van der Waals surface area contributed by atoms with Crippen LogP contribution in [0.25, 0.3) is 0 Å². The van der Waals surface area contributed by atoms with Gasteiger partial charge in [-0.15, -0.1) is 0 Å². The van der Waals surface area contributed by atoms with Gasteiger partial charge >= 0.3 is 0 Å². The van der Waals surface area contributed by atoms with E-state index in [0.717, 1.165) is 32.8 Å². The summed E-state index contributed by atoms with van der Waals surface area (Å²) in [6, 6.07) is 10.2. The van der Waals surface area contributed by atoms with Crippen LogP contribution in [0.1, 0.15) is 5.56 Å². The Kier molecular flexibility index (Phi) is 5.74. The van der Waals surface area contributed by atoms with Gasteiger partial charge in [0, 0.05) is 0 Å². The van der Waals surface area contributed by atoms with E-state index in [2.05, 4.69) is 24.0 Å². The van der Waals surface area contributed by atoms with E-state index >= 15 is 0 Å². The largest absolute Gasteiger partial charge is 0.370 e. The Hall–Kier alpha value is -1.34. The molecule has 1 aliphatic heterocycles. The summed E-state index contributed by atoms with van der Waals surface area (Å²) in [5.41, 5.74) is 1.19. The van der Waals surface area contributed by atoms with Gasteiger partial charge in [-0.25, -0.2) is 0 Å². The first-order valence-electron chi connectivity index (χ1n) is 6.44. The second-order valence-electron chi connectivity index (χ2n) is 4.37. The van der Waals surface area contributed by atoms with Crippen LogP contribution in [0.2, 0.25) is 0 Å². The Morgan fingerprint density at radius 2 is 1.89 bits per heavy atom. The summed E-state index contributed by atoms with van der Waals surface area (Å²) in [5.74, 6) is 6.24. The van der Waals surface area contributed by atoms with Crippen molar-refractivity contribution in [1.29, 1.82) is 0 Å². The van der Waals surface area contributed by atoms with Crippen LogP contribution in [-0.4, -0.2) is 39.5 Å². The average Bonchev–Trinajstić information content (AvgIpc) is 2.45. The molecule has 1 aliphatic rings. The molecule has 1 N–H and O–H groups in total. The topological polar surface area (TPSA) is 22.9 Å². The van der Waals surface area contributed by atoms with Crippen LogP contribution >= 0.6 is 0 Å². The van der Waals surface area contributed by atoms with E-state index in [4.69, 9.17) is 9.47 Å². The number of benzene rings is 1. The summed E-state index contributed by atoms with van der Waals surface area (Å²) in [6.07, 6.45) is 0. The zero-order valence-electron chi connectivity index (χ0n) is 10.7. The van der Waals surface area contributed by atoms with Gasteiger partial charge in [0.2, 0.25) is 0 Å². The summed E-state index contributed by atoms with van der Waals surface area (Å²) < 4.78 is 10.8. The highest BCUT2D eigenvalue weighted by Crippen LogP contribution is 1.99. The van der Waals surface area contributed by atoms with Gasteiger partial charge in [0.25, 0.3) is 0 Å². The van der Waals surface area contributed by atoms with E-state index in [1.165, 1.54) is 10.5 Å². The van der Waals surface area contributed by atoms with Crippen molar-refractivity contribution in [2.45, 2.75) is 6.61 Å². The molecule has 1 aromatic carbocycles. The van der Waals surface area contributed by atoms with Gasteiger partial charge in [0.15, 0.2) is 0 Å². The predicted octanol–water partition coefficient (Wildman–Crippen LogP) is 0.122. The summed E-state index contributed by atoms with van der Waals surface area (Å²) in [4.78, 5) is 1.51. The SMILES string of the molecule is C(#CC[NH+]1CCOCC1)COCc1ccccc1. The van der Waals surface area contributed by atoms with E-state index in [9.17, 15) is 0 Å². The van der Waals surface area contributed by atoms with Crippen molar-refractivity contribution in [2.75, 3.05) is 39.5 Å². The lowest BCUT2D eigenvalue weighted by atomic mass is 10.2. The quantitative estimate of drug-likeness (QED) is 0.602. The number of hydrogen-bond acceptors (Lipinski definition) is 2. The van der Waals surface area contributed by atoms with Crippen LogP contribution in [0.3, 0.4) is 0 Å². The third kappa shape index (κ3) is 4.89. The van der Waals surface area contributed by atoms with Crippen molar-refractivity contribution in [3.8, 4) is 11.8 Å². The Bertz CT molecular complexity index is 388. The second-order valence-corrected chi connectivity index (χ2v) is 4.37. The highest BCUT2D eigenvalue weighted by molar-refractivity contribution is 5.13. The summed E-state index contributed by atoms with van der Waals surface area (Å²) in [6.45, 7) is 5.92. The maximum Gasteiger partial charge on any atom is 0.139 e. The summed E-state index contributed by atoms with van der Waals surface area (Å²) >= 11 is 0. The van der Waals surface area contributed by atoms with Crippen LogP contribution in [0.5, 0.6) is 0 Å². The highest BCUT2D eigenvalue weighted by Gasteiger charge is 2.11. The van der Waals surface area contributed by atoms with Gasteiger partial charge in [0.05, 0.1) is 19.8 Å². The first kappa shape index (κ1) is 13.1. The lowest BCUT2D eigenvalue weighted by molar-refractivity contribution is -0.900. The number of quaternary nitrogens is 1. The van der Waals surface area contributed by atoms with Gasteiger partial charge in [-0.2, -0.15) is 0 Å². The van der Waals surface area contributed by atoms with E-state index in [-0.39, 0.29) is 0 Å². The standard InChI is InChI=1S/C15H19NO2/c1-2-6-15(7-3-1)14-18-11-5-4-8-16-9-12-17-13-10-16/h1-3,6-7H,8-14H2/p+1. The van der Waals surface area contributed by atoms with E-state index in [0.29, 0.717) is 13.2 Å². The number of rotatable bonds is 4. The molecule has 0 unspecified atom stereocenters. The van der Waals surface area contributed by atoms with E-state index < -0.39 is 0 Å². The molecule has 1 saturated heterocycles. The van der Waals surface area contributed by atoms with Crippen molar-refractivity contribution in [2.24, 2.45) is 0 Å². The van der Waals surface area contributed by atoms with Crippen molar-refractivity contribution < 1.29 is 14.4 Å². The van der Waals surface area contributed by atoms with Crippen LogP contribution in [-0.2, 0) is 16.1 Å². The number of morpholine rings is 1. The molecule has 18 heavy (non-hydrogen) atoms. The molecule has 0 saturated carbocycles. The molecule has 0 bridgehead atoms. The van der Waals surface area contributed by atoms with Gasteiger partial charge in [-0.05, 0) is 11.5 Å². The molecule has 0 radical (unpaired) electrons. The zero-order valence-corrected chi connectivity index (χ0v) is 10.7. The van der Waals surface area contributed by atoms with Gasteiger partial charge < -0.3 is 14.4 Å². The molecule has 2 rings (SSSR count). The summed E-state index contributed by atoms with van der Waals surface area (Å²) in [7, 11) is 0. The smallest absolute Gasteiger partial charge is 0.139 e. The van der Waals surface area contributed by atoms with E-state index in [1.54, 1.807) is 0 Å². The highest BCUT2D eigenvalue weighted by atomic mass is 16.5. The van der Waals surface area contributed by atoms with Gasteiger partial charge in [-0.3, -0.25) is 0 Å². The Morgan fingerprint density at radius 1 is 1.11 bits per heavy atom. The third-order valence-electron chi connectivity index (χ3n) is 2.95. The zero-order chi connectivity index (χ0) is 12.5. The molecule has 0 atom stereocenters. The fraction of sp³-hybridized carbons (Fsp3) is 0.467. The normalized spacial score (nSPS) is 16.0. The molecule has 1 aromatic rings. The Balaban J connectivity index is 1.58. The molecule has 3 nitrogen and oxygen atoms in total. The van der Waals surface area contributed by atoms with Crippen molar-refractivity contribution in [1.82, 2.24) is 0 Å². The van der Waals surface area contributed by atoms with Crippen LogP contribution in [0.4, 0.5) is 0 Å².